The molecule has 15 heavy (non-hydrogen) atoms. The number of fused-ring (bicyclic) bond motifs is 1. The van der Waals surface area contributed by atoms with E-state index in [1.807, 2.05) is 30.1 Å². The Hall–Kier alpha value is -1.06. The molecule has 0 saturated carbocycles. The summed E-state index contributed by atoms with van der Waals surface area (Å²) in [5.41, 5.74) is 7.69. The molecule has 1 atom stereocenters. The van der Waals surface area contributed by atoms with Gasteiger partial charge in [-0.1, -0.05) is 17.7 Å². The molecule has 1 heterocycles. The molecule has 1 amide bonds. The fraction of sp³-hybridized carbons (Fsp3) is 0.364. The van der Waals surface area contributed by atoms with Crippen molar-refractivity contribution in [2.24, 2.45) is 5.73 Å². The molecule has 2 N–H and O–H groups in total. The van der Waals surface area contributed by atoms with Gasteiger partial charge in [-0.15, -0.1) is 0 Å². The molecule has 0 aliphatic carbocycles. The summed E-state index contributed by atoms with van der Waals surface area (Å²) in [7, 11) is 1.91. The van der Waals surface area contributed by atoms with Gasteiger partial charge in [-0.3, -0.25) is 9.69 Å². The van der Waals surface area contributed by atoms with E-state index in [0.717, 1.165) is 12.1 Å². The Bertz CT molecular complexity index is 406. The minimum absolute atomic E-state index is 0.212. The number of hydrogen-bond acceptors (Lipinski definition) is 2. The van der Waals surface area contributed by atoms with Crippen LogP contribution in [0.3, 0.4) is 0 Å². The lowest BCUT2D eigenvalue weighted by atomic mass is 9.94. The SMILES string of the molecule is CN1Cc2ccc(Cl)cc2CC1C(N)=O. The number of likely N-dealkylation sites (N-methyl/N-ethyl adjacent to an activating group) is 1. The summed E-state index contributed by atoms with van der Waals surface area (Å²) in [6.45, 7) is 0.750. The number of carbonyl (C=O) groups is 1. The van der Waals surface area contributed by atoms with Crippen molar-refractivity contribution < 1.29 is 4.79 Å². The van der Waals surface area contributed by atoms with Gasteiger partial charge in [0, 0.05) is 11.6 Å². The van der Waals surface area contributed by atoms with E-state index < -0.39 is 0 Å². The van der Waals surface area contributed by atoms with Crippen molar-refractivity contribution in [1.82, 2.24) is 4.90 Å². The third-order valence-electron chi connectivity index (χ3n) is 2.86. The molecule has 0 spiro atoms. The normalized spacial score (nSPS) is 21.1. The highest BCUT2D eigenvalue weighted by molar-refractivity contribution is 6.30. The molecule has 0 saturated heterocycles. The zero-order chi connectivity index (χ0) is 11.0. The van der Waals surface area contributed by atoms with Gasteiger partial charge in [-0.2, -0.15) is 0 Å². The Morgan fingerprint density at radius 1 is 1.53 bits per heavy atom. The number of rotatable bonds is 1. The molecule has 1 aromatic carbocycles. The summed E-state index contributed by atoms with van der Waals surface area (Å²) in [4.78, 5) is 13.2. The molecule has 0 aromatic heterocycles. The number of amides is 1. The van der Waals surface area contributed by atoms with Crippen LogP contribution in [0.4, 0.5) is 0 Å². The van der Waals surface area contributed by atoms with E-state index in [1.54, 1.807) is 0 Å². The van der Waals surface area contributed by atoms with Crippen LogP contribution in [0, 0.1) is 0 Å². The van der Waals surface area contributed by atoms with Crippen molar-refractivity contribution in [2.45, 2.75) is 19.0 Å². The number of benzene rings is 1. The maximum atomic E-state index is 11.2. The third-order valence-corrected chi connectivity index (χ3v) is 3.10. The maximum Gasteiger partial charge on any atom is 0.235 e. The van der Waals surface area contributed by atoms with Crippen LogP contribution in [0.15, 0.2) is 18.2 Å². The highest BCUT2D eigenvalue weighted by Crippen LogP contribution is 2.24. The first-order valence-corrected chi connectivity index (χ1v) is 5.22. The molecule has 1 aliphatic heterocycles. The first-order chi connectivity index (χ1) is 7.08. The van der Waals surface area contributed by atoms with E-state index in [9.17, 15) is 4.79 Å². The Labute approximate surface area is 93.8 Å². The second-order valence-electron chi connectivity index (χ2n) is 3.95. The zero-order valence-electron chi connectivity index (χ0n) is 8.53. The average molecular weight is 225 g/mol. The summed E-state index contributed by atoms with van der Waals surface area (Å²) >= 11 is 5.91. The van der Waals surface area contributed by atoms with E-state index >= 15 is 0 Å². The highest BCUT2D eigenvalue weighted by Gasteiger charge is 2.27. The second kappa shape index (κ2) is 3.83. The van der Waals surface area contributed by atoms with Crippen LogP contribution < -0.4 is 5.73 Å². The van der Waals surface area contributed by atoms with Crippen LogP contribution in [0.25, 0.3) is 0 Å². The number of nitrogens with zero attached hydrogens (tertiary/aromatic N) is 1. The van der Waals surface area contributed by atoms with Crippen LogP contribution in [0.2, 0.25) is 5.02 Å². The topological polar surface area (TPSA) is 46.3 Å². The molecule has 4 heteroatoms. The standard InChI is InChI=1S/C11H13ClN2O/c1-14-6-7-2-3-9(12)4-8(7)5-10(14)11(13)15/h2-4,10H,5-6H2,1H3,(H2,13,15). The maximum absolute atomic E-state index is 11.2. The quantitative estimate of drug-likeness (QED) is 0.779. The Balaban J connectivity index is 2.34. The average Bonchev–Trinajstić information content (AvgIpc) is 2.17. The first kappa shape index (κ1) is 10.5. The van der Waals surface area contributed by atoms with E-state index in [1.165, 1.54) is 5.56 Å². The molecular formula is C11H13ClN2O. The minimum atomic E-state index is -0.275. The van der Waals surface area contributed by atoms with Gasteiger partial charge in [-0.05, 0) is 36.7 Å². The lowest BCUT2D eigenvalue weighted by Crippen LogP contribution is -2.46. The van der Waals surface area contributed by atoms with Crippen LogP contribution in [-0.2, 0) is 17.8 Å². The van der Waals surface area contributed by atoms with Gasteiger partial charge in [0.2, 0.25) is 5.91 Å². The van der Waals surface area contributed by atoms with Crippen LogP contribution in [-0.4, -0.2) is 23.9 Å². The van der Waals surface area contributed by atoms with Gasteiger partial charge in [0.05, 0.1) is 6.04 Å². The smallest absolute Gasteiger partial charge is 0.235 e. The monoisotopic (exact) mass is 224 g/mol. The number of primary amides is 1. The van der Waals surface area contributed by atoms with Crippen molar-refractivity contribution in [3.8, 4) is 0 Å². The van der Waals surface area contributed by atoms with Gasteiger partial charge in [0.1, 0.15) is 0 Å². The number of hydrogen-bond donors (Lipinski definition) is 1. The van der Waals surface area contributed by atoms with Crippen LogP contribution in [0.5, 0.6) is 0 Å². The molecule has 1 aromatic rings. The molecule has 80 valence electrons. The fourth-order valence-electron chi connectivity index (χ4n) is 2.00. The Morgan fingerprint density at radius 3 is 2.93 bits per heavy atom. The Morgan fingerprint density at radius 2 is 2.27 bits per heavy atom. The zero-order valence-corrected chi connectivity index (χ0v) is 9.29. The van der Waals surface area contributed by atoms with Crippen molar-refractivity contribution in [1.29, 1.82) is 0 Å². The summed E-state index contributed by atoms with van der Waals surface area (Å²) < 4.78 is 0. The van der Waals surface area contributed by atoms with E-state index in [-0.39, 0.29) is 11.9 Å². The fourth-order valence-corrected chi connectivity index (χ4v) is 2.19. The summed E-state index contributed by atoms with van der Waals surface area (Å²) in [5.74, 6) is -0.275. The van der Waals surface area contributed by atoms with Gasteiger partial charge >= 0.3 is 0 Å². The summed E-state index contributed by atoms with van der Waals surface area (Å²) in [6, 6.07) is 5.58. The van der Waals surface area contributed by atoms with Gasteiger partial charge in [-0.25, -0.2) is 0 Å². The predicted molar refractivity (Wildman–Crippen MR) is 59.6 cm³/mol. The second-order valence-corrected chi connectivity index (χ2v) is 4.39. The Kier molecular flexibility index (Phi) is 2.67. The molecule has 2 rings (SSSR count). The largest absolute Gasteiger partial charge is 0.368 e. The number of carbonyl (C=O) groups excluding carboxylic acids is 1. The van der Waals surface area contributed by atoms with Crippen molar-refractivity contribution >= 4 is 17.5 Å². The predicted octanol–water partition coefficient (Wildman–Crippen LogP) is 1.18. The van der Waals surface area contributed by atoms with E-state index in [4.69, 9.17) is 17.3 Å². The van der Waals surface area contributed by atoms with Crippen molar-refractivity contribution in [3.05, 3.63) is 34.3 Å². The third kappa shape index (κ3) is 1.98. The summed E-state index contributed by atoms with van der Waals surface area (Å²) in [5, 5.41) is 0.710. The van der Waals surface area contributed by atoms with Crippen molar-refractivity contribution in [3.63, 3.8) is 0 Å². The lowest BCUT2D eigenvalue weighted by molar-refractivity contribution is -0.123. The number of halogens is 1. The van der Waals surface area contributed by atoms with Gasteiger partial charge in [0.15, 0.2) is 0 Å². The minimum Gasteiger partial charge on any atom is -0.368 e. The molecule has 0 fully saturated rings. The lowest BCUT2D eigenvalue weighted by Gasteiger charge is -2.31. The summed E-state index contributed by atoms with van der Waals surface area (Å²) in [6.07, 6.45) is 0.654. The van der Waals surface area contributed by atoms with E-state index in [0.29, 0.717) is 11.4 Å². The van der Waals surface area contributed by atoms with E-state index in [2.05, 4.69) is 0 Å². The molecule has 0 radical (unpaired) electrons. The number of nitrogens with two attached hydrogens (primary N) is 1. The molecule has 1 unspecified atom stereocenters. The molecule has 1 aliphatic rings. The van der Waals surface area contributed by atoms with Gasteiger partial charge < -0.3 is 5.73 Å². The molecule has 3 nitrogen and oxygen atoms in total. The first-order valence-electron chi connectivity index (χ1n) is 4.85. The highest BCUT2D eigenvalue weighted by atomic mass is 35.5. The van der Waals surface area contributed by atoms with Crippen molar-refractivity contribution in [2.75, 3.05) is 7.05 Å². The molecule has 0 bridgehead atoms. The van der Waals surface area contributed by atoms with Crippen LogP contribution in [0.1, 0.15) is 11.1 Å². The molecular weight excluding hydrogens is 212 g/mol. The van der Waals surface area contributed by atoms with Gasteiger partial charge in [0.25, 0.3) is 0 Å². The van der Waals surface area contributed by atoms with Crippen LogP contribution >= 0.6 is 11.6 Å².